The Labute approximate surface area is 183 Å². The van der Waals surface area contributed by atoms with E-state index < -0.39 is 5.97 Å². The third kappa shape index (κ3) is 5.23. The van der Waals surface area contributed by atoms with Crippen LogP contribution in [-0.4, -0.2) is 34.1 Å². The Morgan fingerprint density at radius 1 is 0.968 bits per heavy atom. The lowest BCUT2D eigenvalue weighted by atomic mass is 9.82. The number of benzene rings is 2. The van der Waals surface area contributed by atoms with Crippen LogP contribution >= 0.6 is 0 Å². The Bertz CT molecular complexity index is 990. The molecule has 2 aromatic carbocycles. The summed E-state index contributed by atoms with van der Waals surface area (Å²) in [6.45, 7) is 3.35. The van der Waals surface area contributed by atoms with Crippen molar-refractivity contribution in [2.45, 2.75) is 39.2 Å². The Morgan fingerprint density at radius 2 is 1.55 bits per heavy atom. The number of aromatic nitrogens is 2. The van der Waals surface area contributed by atoms with Crippen LogP contribution in [0, 0.1) is 18.8 Å². The minimum atomic E-state index is -0.898. The van der Waals surface area contributed by atoms with Gasteiger partial charge < -0.3 is 9.84 Å². The summed E-state index contributed by atoms with van der Waals surface area (Å²) in [5.41, 5.74) is 5.85. The minimum absolute atomic E-state index is 0.199. The molecule has 1 fully saturated rings. The maximum Gasteiger partial charge on any atom is 0.329 e. The normalized spacial score (nSPS) is 18.7. The fraction of sp³-hybridized carbons (Fsp3) is 0.385. The molecular formula is C26H30N2O3. The lowest BCUT2D eigenvalue weighted by Crippen LogP contribution is -2.23. The van der Waals surface area contributed by atoms with E-state index in [9.17, 15) is 4.79 Å². The van der Waals surface area contributed by atoms with Crippen LogP contribution in [0.4, 0.5) is 0 Å². The van der Waals surface area contributed by atoms with Gasteiger partial charge in [0.15, 0.2) is 0 Å². The third-order valence-corrected chi connectivity index (χ3v) is 6.21. The summed E-state index contributed by atoms with van der Waals surface area (Å²) in [5, 5.41) is 13.7. The monoisotopic (exact) mass is 418 g/mol. The van der Waals surface area contributed by atoms with Crippen LogP contribution in [0.5, 0.6) is 0 Å². The molecule has 4 rings (SSSR count). The Kier molecular flexibility index (Phi) is 6.82. The number of aryl methyl sites for hydroxylation is 1. The highest BCUT2D eigenvalue weighted by molar-refractivity contribution is 5.82. The molecule has 31 heavy (non-hydrogen) atoms. The summed E-state index contributed by atoms with van der Waals surface area (Å²) in [4.78, 5) is 10.6. The maximum absolute atomic E-state index is 10.6. The highest BCUT2D eigenvalue weighted by Gasteiger charge is 2.25. The average molecular weight is 419 g/mol. The fourth-order valence-corrected chi connectivity index (χ4v) is 4.69. The van der Waals surface area contributed by atoms with Gasteiger partial charge in [0, 0.05) is 17.7 Å². The van der Waals surface area contributed by atoms with Gasteiger partial charge in [0.2, 0.25) is 0 Å². The highest BCUT2D eigenvalue weighted by Crippen LogP contribution is 2.37. The lowest BCUT2D eigenvalue weighted by Gasteiger charge is -2.28. The molecule has 1 aliphatic rings. The topological polar surface area (TPSA) is 64.4 Å². The third-order valence-electron chi connectivity index (χ3n) is 6.21. The molecule has 0 atom stereocenters. The van der Waals surface area contributed by atoms with E-state index in [0.29, 0.717) is 18.4 Å². The van der Waals surface area contributed by atoms with Gasteiger partial charge in [-0.05, 0) is 50.0 Å². The molecule has 5 heteroatoms. The molecule has 0 bridgehead atoms. The second-order valence-electron chi connectivity index (χ2n) is 8.52. The van der Waals surface area contributed by atoms with Gasteiger partial charge in [-0.1, -0.05) is 60.7 Å². The van der Waals surface area contributed by atoms with Gasteiger partial charge in [0.1, 0.15) is 6.61 Å². The fourth-order valence-electron chi connectivity index (χ4n) is 4.69. The van der Waals surface area contributed by atoms with Gasteiger partial charge in [-0.2, -0.15) is 5.10 Å². The number of ether oxygens (including phenoxy) is 1. The van der Waals surface area contributed by atoms with E-state index in [1.807, 2.05) is 12.1 Å². The van der Waals surface area contributed by atoms with Crippen molar-refractivity contribution in [3.05, 3.63) is 66.4 Å². The maximum atomic E-state index is 10.6. The van der Waals surface area contributed by atoms with Crippen molar-refractivity contribution in [2.75, 3.05) is 13.2 Å². The second kappa shape index (κ2) is 9.92. The Balaban J connectivity index is 1.52. The van der Waals surface area contributed by atoms with Crippen molar-refractivity contribution in [3.8, 4) is 22.4 Å². The molecular weight excluding hydrogens is 388 g/mol. The number of hydrogen-bond donors (Lipinski definition) is 1. The van der Waals surface area contributed by atoms with Crippen LogP contribution in [-0.2, 0) is 16.1 Å². The van der Waals surface area contributed by atoms with Crippen molar-refractivity contribution in [2.24, 2.45) is 11.8 Å². The zero-order chi connectivity index (χ0) is 21.6. The number of rotatable bonds is 8. The molecule has 162 valence electrons. The number of carboxylic acids is 1. The SMILES string of the molecule is Cc1nn(C[C@H]2CC[C@@H](COCC(=O)O)CC2)c(-c2ccccc2)c1-c1ccccc1. The zero-order valence-electron chi connectivity index (χ0n) is 18.0. The lowest BCUT2D eigenvalue weighted by molar-refractivity contribution is -0.142. The van der Waals surface area contributed by atoms with Gasteiger partial charge >= 0.3 is 5.97 Å². The first kappa shape index (κ1) is 21.3. The first-order valence-corrected chi connectivity index (χ1v) is 11.1. The van der Waals surface area contributed by atoms with Gasteiger partial charge in [0.05, 0.1) is 18.0 Å². The van der Waals surface area contributed by atoms with Crippen molar-refractivity contribution >= 4 is 5.97 Å². The predicted molar refractivity (Wildman–Crippen MR) is 122 cm³/mol. The molecule has 0 radical (unpaired) electrons. The van der Waals surface area contributed by atoms with Gasteiger partial charge in [-0.25, -0.2) is 4.79 Å². The predicted octanol–water partition coefficient (Wildman–Crippen LogP) is 5.43. The van der Waals surface area contributed by atoms with Crippen molar-refractivity contribution in [1.29, 1.82) is 0 Å². The van der Waals surface area contributed by atoms with E-state index in [1.54, 1.807) is 0 Å². The molecule has 1 saturated carbocycles. The highest BCUT2D eigenvalue weighted by atomic mass is 16.5. The molecule has 5 nitrogen and oxygen atoms in total. The second-order valence-corrected chi connectivity index (χ2v) is 8.52. The van der Waals surface area contributed by atoms with Gasteiger partial charge in [-0.15, -0.1) is 0 Å². The van der Waals surface area contributed by atoms with Crippen LogP contribution in [0.3, 0.4) is 0 Å². The van der Waals surface area contributed by atoms with E-state index in [1.165, 1.54) is 22.4 Å². The molecule has 0 unspecified atom stereocenters. The summed E-state index contributed by atoms with van der Waals surface area (Å²) in [6.07, 6.45) is 4.40. The summed E-state index contributed by atoms with van der Waals surface area (Å²) in [7, 11) is 0. The summed E-state index contributed by atoms with van der Waals surface area (Å²) < 4.78 is 7.52. The minimum Gasteiger partial charge on any atom is -0.480 e. The summed E-state index contributed by atoms with van der Waals surface area (Å²) >= 11 is 0. The average Bonchev–Trinajstić information content (AvgIpc) is 3.11. The zero-order valence-corrected chi connectivity index (χ0v) is 18.0. The van der Waals surface area contributed by atoms with E-state index in [4.69, 9.17) is 14.9 Å². The van der Waals surface area contributed by atoms with E-state index in [0.717, 1.165) is 37.9 Å². The number of carbonyl (C=O) groups is 1. The largest absolute Gasteiger partial charge is 0.480 e. The van der Waals surface area contributed by atoms with Gasteiger partial charge in [0.25, 0.3) is 0 Å². The summed E-state index contributed by atoms with van der Waals surface area (Å²) in [6, 6.07) is 21.1. The first-order valence-electron chi connectivity index (χ1n) is 11.1. The van der Waals surface area contributed by atoms with Crippen LogP contribution in [0.25, 0.3) is 22.4 Å². The molecule has 1 aliphatic carbocycles. The molecule has 1 heterocycles. The Hall–Kier alpha value is -2.92. The molecule has 3 aromatic rings. The smallest absolute Gasteiger partial charge is 0.329 e. The van der Waals surface area contributed by atoms with Crippen molar-refractivity contribution in [3.63, 3.8) is 0 Å². The molecule has 0 spiro atoms. The Morgan fingerprint density at radius 3 is 2.16 bits per heavy atom. The number of carboxylic acid groups (broad SMARTS) is 1. The number of hydrogen-bond acceptors (Lipinski definition) is 3. The molecule has 1 aromatic heterocycles. The quantitative estimate of drug-likeness (QED) is 0.529. The van der Waals surface area contributed by atoms with E-state index in [2.05, 4.69) is 60.1 Å². The van der Waals surface area contributed by atoms with Crippen LogP contribution in [0.15, 0.2) is 60.7 Å². The van der Waals surface area contributed by atoms with Crippen LogP contribution in [0.2, 0.25) is 0 Å². The van der Waals surface area contributed by atoms with E-state index in [-0.39, 0.29) is 6.61 Å². The molecule has 0 saturated heterocycles. The van der Waals surface area contributed by atoms with Crippen molar-refractivity contribution < 1.29 is 14.6 Å². The number of nitrogens with zero attached hydrogens (tertiary/aromatic N) is 2. The molecule has 1 N–H and O–H groups in total. The standard InChI is InChI=1S/C26H30N2O3/c1-19-25(22-8-4-2-5-9-22)26(23-10-6-3-7-11-23)28(27-19)16-20-12-14-21(15-13-20)17-31-18-24(29)30/h2-11,20-21H,12-18H2,1H3,(H,29,30)/t20-,21+. The molecule has 0 amide bonds. The van der Waals surface area contributed by atoms with E-state index >= 15 is 0 Å². The van der Waals surface area contributed by atoms with Crippen LogP contribution < -0.4 is 0 Å². The van der Waals surface area contributed by atoms with Crippen LogP contribution in [0.1, 0.15) is 31.4 Å². The van der Waals surface area contributed by atoms with Gasteiger partial charge in [-0.3, -0.25) is 4.68 Å². The summed E-state index contributed by atoms with van der Waals surface area (Å²) in [5.74, 6) is 0.134. The number of aliphatic carboxylic acids is 1. The first-order chi connectivity index (χ1) is 15.1. The van der Waals surface area contributed by atoms with Crippen molar-refractivity contribution in [1.82, 2.24) is 9.78 Å². The molecule has 0 aliphatic heterocycles.